The van der Waals surface area contributed by atoms with Crippen LogP contribution in [-0.4, -0.2) is 7.05 Å². The average molecular weight is 273 g/mol. The summed E-state index contributed by atoms with van der Waals surface area (Å²) in [5, 5.41) is 3.28. The van der Waals surface area contributed by atoms with E-state index < -0.39 is 0 Å². The van der Waals surface area contributed by atoms with Crippen molar-refractivity contribution in [1.82, 2.24) is 5.32 Å². The number of ether oxygens (including phenoxy) is 1. The largest absolute Gasteiger partial charge is 0.457 e. The Hall–Kier alpha value is -1.87. The van der Waals surface area contributed by atoms with Gasteiger partial charge in [-0.3, -0.25) is 0 Å². The highest BCUT2D eigenvalue weighted by Crippen LogP contribution is 2.32. The minimum atomic E-state index is -0.246. The summed E-state index contributed by atoms with van der Waals surface area (Å²) in [5.41, 5.74) is 1.90. The van der Waals surface area contributed by atoms with Crippen LogP contribution in [-0.2, 0) is 0 Å². The van der Waals surface area contributed by atoms with Crippen LogP contribution in [0.1, 0.15) is 30.5 Å². The zero-order chi connectivity index (χ0) is 14.5. The standard InChI is InChI=1S/C17H20FNO/c1-4-15(19-3)14-7-5-6-8-17(14)20-16-10-9-13(18)11-12(16)2/h5-11,15,19H,4H2,1-3H3. The number of para-hydroxylation sites is 1. The van der Waals surface area contributed by atoms with Crippen LogP contribution in [0.5, 0.6) is 11.5 Å². The van der Waals surface area contributed by atoms with E-state index in [-0.39, 0.29) is 11.9 Å². The molecule has 0 amide bonds. The molecule has 2 aromatic rings. The van der Waals surface area contributed by atoms with E-state index >= 15 is 0 Å². The Morgan fingerprint density at radius 2 is 1.90 bits per heavy atom. The Kier molecular flexibility index (Phi) is 4.74. The molecule has 0 bridgehead atoms. The lowest BCUT2D eigenvalue weighted by Gasteiger charge is -2.19. The van der Waals surface area contributed by atoms with Crippen molar-refractivity contribution in [2.24, 2.45) is 0 Å². The maximum absolute atomic E-state index is 13.1. The number of benzene rings is 2. The third kappa shape index (κ3) is 3.17. The fourth-order valence-electron chi connectivity index (χ4n) is 2.29. The second-order valence-corrected chi connectivity index (χ2v) is 4.80. The maximum Gasteiger partial charge on any atom is 0.132 e. The summed E-state index contributed by atoms with van der Waals surface area (Å²) in [4.78, 5) is 0. The molecule has 0 aliphatic heterocycles. The summed E-state index contributed by atoms with van der Waals surface area (Å²) in [5.74, 6) is 1.25. The molecular weight excluding hydrogens is 253 g/mol. The second-order valence-electron chi connectivity index (χ2n) is 4.80. The Labute approximate surface area is 119 Å². The van der Waals surface area contributed by atoms with Gasteiger partial charge in [0.15, 0.2) is 0 Å². The van der Waals surface area contributed by atoms with E-state index in [9.17, 15) is 4.39 Å². The fourth-order valence-corrected chi connectivity index (χ4v) is 2.29. The smallest absolute Gasteiger partial charge is 0.132 e. The van der Waals surface area contributed by atoms with Crippen LogP contribution in [0.25, 0.3) is 0 Å². The predicted molar refractivity (Wildman–Crippen MR) is 79.7 cm³/mol. The third-order valence-electron chi connectivity index (χ3n) is 3.41. The molecule has 0 fully saturated rings. The summed E-state index contributed by atoms with van der Waals surface area (Å²) in [6, 6.07) is 12.7. The molecule has 1 N–H and O–H groups in total. The van der Waals surface area contributed by atoms with Crippen molar-refractivity contribution in [3.05, 3.63) is 59.4 Å². The first-order valence-corrected chi connectivity index (χ1v) is 6.86. The fraction of sp³-hybridized carbons (Fsp3) is 0.294. The van der Waals surface area contributed by atoms with E-state index in [1.807, 2.05) is 32.2 Å². The molecule has 106 valence electrons. The molecule has 0 heterocycles. The number of nitrogens with one attached hydrogen (secondary N) is 1. The van der Waals surface area contributed by atoms with Crippen LogP contribution in [0.4, 0.5) is 4.39 Å². The van der Waals surface area contributed by atoms with Crippen LogP contribution >= 0.6 is 0 Å². The molecule has 2 aromatic carbocycles. The van der Waals surface area contributed by atoms with Gasteiger partial charge in [0.05, 0.1) is 0 Å². The van der Waals surface area contributed by atoms with Gasteiger partial charge in [0.2, 0.25) is 0 Å². The Morgan fingerprint density at radius 1 is 1.15 bits per heavy atom. The van der Waals surface area contributed by atoms with Gasteiger partial charge in [0.25, 0.3) is 0 Å². The molecular formula is C17H20FNO. The van der Waals surface area contributed by atoms with Gasteiger partial charge < -0.3 is 10.1 Å². The van der Waals surface area contributed by atoms with Crippen LogP contribution in [0.2, 0.25) is 0 Å². The first-order valence-electron chi connectivity index (χ1n) is 6.86. The second kappa shape index (κ2) is 6.53. The van der Waals surface area contributed by atoms with Crippen molar-refractivity contribution in [2.45, 2.75) is 26.3 Å². The highest BCUT2D eigenvalue weighted by molar-refractivity contribution is 5.42. The molecule has 0 spiro atoms. The summed E-state index contributed by atoms with van der Waals surface area (Å²) in [7, 11) is 1.94. The van der Waals surface area contributed by atoms with Gasteiger partial charge >= 0.3 is 0 Å². The topological polar surface area (TPSA) is 21.3 Å². The van der Waals surface area contributed by atoms with Gasteiger partial charge in [0.1, 0.15) is 17.3 Å². The monoisotopic (exact) mass is 273 g/mol. The first kappa shape index (κ1) is 14.5. The van der Waals surface area contributed by atoms with Crippen LogP contribution in [0, 0.1) is 12.7 Å². The Morgan fingerprint density at radius 3 is 2.55 bits per heavy atom. The van der Waals surface area contributed by atoms with Crippen LogP contribution < -0.4 is 10.1 Å². The van der Waals surface area contributed by atoms with E-state index in [2.05, 4.69) is 18.3 Å². The summed E-state index contributed by atoms with van der Waals surface area (Å²) in [6.45, 7) is 3.97. The SMILES string of the molecule is CCC(NC)c1ccccc1Oc1ccc(F)cc1C. The minimum Gasteiger partial charge on any atom is -0.457 e. The lowest BCUT2D eigenvalue weighted by atomic mass is 10.0. The summed E-state index contributed by atoms with van der Waals surface area (Å²) >= 11 is 0. The number of hydrogen-bond acceptors (Lipinski definition) is 2. The third-order valence-corrected chi connectivity index (χ3v) is 3.41. The average Bonchev–Trinajstić information content (AvgIpc) is 2.45. The predicted octanol–water partition coefficient (Wildman–Crippen LogP) is 4.60. The molecule has 20 heavy (non-hydrogen) atoms. The molecule has 2 nitrogen and oxygen atoms in total. The van der Waals surface area contributed by atoms with Gasteiger partial charge in [-0.15, -0.1) is 0 Å². The van der Waals surface area contributed by atoms with Crippen molar-refractivity contribution in [2.75, 3.05) is 7.05 Å². The van der Waals surface area contributed by atoms with Crippen molar-refractivity contribution in [3.8, 4) is 11.5 Å². The number of aryl methyl sites for hydroxylation is 1. The van der Waals surface area contributed by atoms with Crippen molar-refractivity contribution in [3.63, 3.8) is 0 Å². The van der Waals surface area contributed by atoms with Crippen LogP contribution in [0.15, 0.2) is 42.5 Å². The molecule has 0 radical (unpaired) electrons. The molecule has 0 aliphatic rings. The molecule has 0 aromatic heterocycles. The molecule has 3 heteroatoms. The molecule has 0 saturated carbocycles. The van der Waals surface area contributed by atoms with Gasteiger partial charge in [-0.25, -0.2) is 4.39 Å². The van der Waals surface area contributed by atoms with Crippen molar-refractivity contribution < 1.29 is 9.13 Å². The van der Waals surface area contributed by atoms with E-state index in [1.165, 1.54) is 12.1 Å². The zero-order valence-electron chi connectivity index (χ0n) is 12.1. The van der Waals surface area contributed by atoms with E-state index in [0.29, 0.717) is 5.75 Å². The summed E-state index contributed by atoms with van der Waals surface area (Å²) < 4.78 is 19.1. The van der Waals surface area contributed by atoms with Gasteiger partial charge in [-0.1, -0.05) is 25.1 Å². The highest BCUT2D eigenvalue weighted by atomic mass is 19.1. The van der Waals surface area contributed by atoms with E-state index in [1.54, 1.807) is 6.07 Å². The quantitative estimate of drug-likeness (QED) is 0.859. The minimum absolute atomic E-state index is 0.243. The normalized spacial score (nSPS) is 12.2. The Balaban J connectivity index is 2.33. The number of halogens is 1. The molecule has 0 saturated heterocycles. The molecule has 1 atom stereocenters. The molecule has 2 rings (SSSR count). The van der Waals surface area contributed by atoms with Gasteiger partial charge in [-0.05, 0) is 50.2 Å². The van der Waals surface area contributed by atoms with Gasteiger partial charge in [-0.2, -0.15) is 0 Å². The van der Waals surface area contributed by atoms with Crippen molar-refractivity contribution >= 4 is 0 Å². The zero-order valence-corrected chi connectivity index (χ0v) is 12.1. The van der Waals surface area contributed by atoms with Gasteiger partial charge in [0, 0.05) is 11.6 Å². The highest BCUT2D eigenvalue weighted by Gasteiger charge is 2.13. The summed E-state index contributed by atoms with van der Waals surface area (Å²) in [6.07, 6.45) is 0.972. The lowest BCUT2D eigenvalue weighted by molar-refractivity contribution is 0.454. The first-order chi connectivity index (χ1) is 9.65. The Bertz CT molecular complexity index is 579. The van der Waals surface area contributed by atoms with E-state index in [4.69, 9.17) is 4.74 Å². The molecule has 1 unspecified atom stereocenters. The number of hydrogen-bond donors (Lipinski definition) is 1. The maximum atomic E-state index is 13.1. The molecule has 0 aliphatic carbocycles. The van der Waals surface area contributed by atoms with E-state index in [0.717, 1.165) is 23.3 Å². The number of rotatable bonds is 5. The van der Waals surface area contributed by atoms with Crippen molar-refractivity contribution in [1.29, 1.82) is 0 Å². The van der Waals surface area contributed by atoms with Crippen LogP contribution in [0.3, 0.4) is 0 Å². The lowest BCUT2D eigenvalue weighted by Crippen LogP contribution is -2.15.